The minimum atomic E-state index is 0.441. The summed E-state index contributed by atoms with van der Waals surface area (Å²) in [6.07, 6.45) is 1.78. The number of nitrogen functional groups attached to an aromatic ring is 1. The van der Waals surface area contributed by atoms with Gasteiger partial charge < -0.3 is 15.0 Å². The average Bonchev–Trinajstić information content (AvgIpc) is 3.11. The maximum absolute atomic E-state index is 8.83. The number of para-hydroxylation sites is 1. The number of rotatable bonds is 5. The number of imidazole rings is 1. The predicted molar refractivity (Wildman–Crippen MR) is 100 cm³/mol. The van der Waals surface area contributed by atoms with E-state index in [4.69, 9.17) is 15.7 Å². The number of hydrogen-bond donors (Lipinski definition) is 1. The largest absolute Gasteiger partial charge is 0.382 e. The molecule has 4 rings (SSSR count). The molecule has 4 aromatic rings. The van der Waals surface area contributed by atoms with Gasteiger partial charge >= 0.3 is 0 Å². The molecule has 0 amide bonds. The Morgan fingerprint density at radius 1 is 1.12 bits per heavy atom. The van der Waals surface area contributed by atoms with E-state index in [0.717, 1.165) is 27.5 Å². The molecule has 6 heteroatoms. The molecule has 0 aliphatic carbocycles. The third kappa shape index (κ3) is 2.96. The van der Waals surface area contributed by atoms with E-state index in [9.17, 15) is 0 Å². The van der Waals surface area contributed by atoms with Crippen molar-refractivity contribution in [2.24, 2.45) is 0 Å². The van der Waals surface area contributed by atoms with Gasteiger partial charge in [0.05, 0.1) is 42.2 Å². The van der Waals surface area contributed by atoms with E-state index in [0.29, 0.717) is 31.1 Å². The Morgan fingerprint density at radius 2 is 1.92 bits per heavy atom. The first kappa shape index (κ1) is 16.1. The summed E-state index contributed by atoms with van der Waals surface area (Å²) in [6, 6.07) is 17.4. The lowest BCUT2D eigenvalue weighted by atomic mass is 10.2. The highest BCUT2D eigenvalue weighted by atomic mass is 16.5. The molecule has 2 aromatic carbocycles. The quantitative estimate of drug-likeness (QED) is 0.562. The molecule has 0 saturated heterocycles. The number of fused-ring (bicyclic) bond motifs is 3. The highest BCUT2D eigenvalue weighted by Gasteiger charge is 2.11. The minimum absolute atomic E-state index is 0.441. The van der Waals surface area contributed by atoms with Crippen LogP contribution in [0.1, 0.15) is 11.1 Å². The van der Waals surface area contributed by atoms with Crippen molar-refractivity contribution in [2.75, 3.05) is 12.3 Å². The van der Waals surface area contributed by atoms with Gasteiger partial charge in [-0.1, -0.05) is 30.3 Å². The number of nitrogens with zero attached hydrogens (tertiary/aromatic N) is 4. The molecule has 0 saturated carbocycles. The number of ether oxygens (including phenoxy) is 1. The molecule has 6 nitrogen and oxygen atoms in total. The third-order valence-corrected chi connectivity index (χ3v) is 4.31. The second-order valence-electron chi connectivity index (χ2n) is 6.01. The van der Waals surface area contributed by atoms with Crippen molar-refractivity contribution >= 4 is 27.8 Å². The van der Waals surface area contributed by atoms with Gasteiger partial charge in [0, 0.05) is 11.9 Å². The van der Waals surface area contributed by atoms with Gasteiger partial charge in [-0.15, -0.1) is 0 Å². The lowest BCUT2D eigenvalue weighted by Crippen LogP contribution is -2.06. The lowest BCUT2D eigenvalue weighted by molar-refractivity contribution is 0.114. The van der Waals surface area contributed by atoms with Crippen LogP contribution in [0.25, 0.3) is 21.9 Å². The molecule has 0 bridgehead atoms. The van der Waals surface area contributed by atoms with Crippen LogP contribution >= 0.6 is 0 Å². The van der Waals surface area contributed by atoms with E-state index in [1.165, 1.54) is 0 Å². The van der Waals surface area contributed by atoms with Crippen molar-refractivity contribution in [1.82, 2.24) is 14.5 Å². The zero-order chi connectivity index (χ0) is 17.9. The van der Waals surface area contributed by atoms with Crippen LogP contribution in [0.5, 0.6) is 0 Å². The zero-order valence-electron chi connectivity index (χ0n) is 14.1. The van der Waals surface area contributed by atoms with E-state index in [-0.39, 0.29) is 0 Å². The fourth-order valence-corrected chi connectivity index (χ4v) is 3.00. The molecule has 0 fully saturated rings. The summed E-state index contributed by atoms with van der Waals surface area (Å²) in [5.74, 6) is 0.441. The Labute approximate surface area is 150 Å². The number of anilines is 1. The van der Waals surface area contributed by atoms with Crippen molar-refractivity contribution in [3.05, 3.63) is 66.0 Å². The monoisotopic (exact) mass is 343 g/mol. The minimum Gasteiger partial charge on any atom is -0.382 e. The molecule has 2 heterocycles. The zero-order valence-corrected chi connectivity index (χ0v) is 14.1. The fourth-order valence-electron chi connectivity index (χ4n) is 3.00. The van der Waals surface area contributed by atoms with Crippen LogP contribution in [-0.2, 0) is 17.9 Å². The molecule has 128 valence electrons. The van der Waals surface area contributed by atoms with Crippen LogP contribution in [0.15, 0.2) is 54.9 Å². The Balaban J connectivity index is 1.50. The van der Waals surface area contributed by atoms with Crippen LogP contribution in [0, 0.1) is 11.3 Å². The third-order valence-electron chi connectivity index (χ3n) is 4.31. The van der Waals surface area contributed by atoms with Gasteiger partial charge in [0.25, 0.3) is 0 Å². The summed E-state index contributed by atoms with van der Waals surface area (Å²) >= 11 is 0. The Kier molecular flexibility index (Phi) is 4.22. The summed E-state index contributed by atoms with van der Waals surface area (Å²) in [4.78, 5) is 8.83. The second-order valence-corrected chi connectivity index (χ2v) is 6.01. The molecule has 2 N–H and O–H groups in total. The van der Waals surface area contributed by atoms with Crippen LogP contribution in [0.3, 0.4) is 0 Å². The van der Waals surface area contributed by atoms with E-state index in [1.807, 2.05) is 36.4 Å². The summed E-state index contributed by atoms with van der Waals surface area (Å²) in [6.45, 7) is 1.71. The Bertz CT molecular complexity index is 1110. The standard InChI is InChI=1S/C20H17N5O/c21-11-14-5-7-15(8-6-14)12-26-10-9-25-13-23-18-19(25)16-3-1-2-4-17(16)24-20(18)22/h1-8,13H,9-10,12H2,(H2,22,24). The number of pyridine rings is 1. The van der Waals surface area contributed by atoms with Crippen molar-refractivity contribution in [1.29, 1.82) is 5.26 Å². The first-order chi connectivity index (χ1) is 12.8. The molecule has 0 aliphatic heterocycles. The number of nitriles is 1. The molecule has 26 heavy (non-hydrogen) atoms. The van der Waals surface area contributed by atoms with Crippen LogP contribution < -0.4 is 5.73 Å². The van der Waals surface area contributed by atoms with Crippen molar-refractivity contribution in [2.45, 2.75) is 13.2 Å². The summed E-state index contributed by atoms with van der Waals surface area (Å²) in [5.41, 5.74) is 10.3. The number of aromatic nitrogens is 3. The SMILES string of the molecule is N#Cc1ccc(COCCn2cnc3c(N)nc4ccccc4c32)cc1. The summed E-state index contributed by atoms with van der Waals surface area (Å²) < 4.78 is 7.83. The summed E-state index contributed by atoms with van der Waals surface area (Å²) in [5, 5.41) is 9.86. The first-order valence-electron chi connectivity index (χ1n) is 8.32. The van der Waals surface area contributed by atoms with Gasteiger partial charge in [-0.2, -0.15) is 5.26 Å². The van der Waals surface area contributed by atoms with Crippen LogP contribution in [0.2, 0.25) is 0 Å². The number of benzene rings is 2. The molecule has 2 aromatic heterocycles. The van der Waals surface area contributed by atoms with Crippen molar-refractivity contribution in [3.63, 3.8) is 0 Å². The van der Waals surface area contributed by atoms with E-state index < -0.39 is 0 Å². The van der Waals surface area contributed by atoms with Crippen LogP contribution in [0.4, 0.5) is 5.82 Å². The normalized spacial score (nSPS) is 11.0. The van der Waals surface area contributed by atoms with Crippen molar-refractivity contribution in [3.8, 4) is 6.07 Å². The topological polar surface area (TPSA) is 89.8 Å². The molecule has 0 aliphatic rings. The smallest absolute Gasteiger partial charge is 0.152 e. The fraction of sp³-hybridized carbons (Fsp3) is 0.150. The van der Waals surface area contributed by atoms with Gasteiger partial charge in [0.15, 0.2) is 5.82 Å². The maximum Gasteiger partial charge on any atom is 0.152 e. The molecule has 0 spiro atoms. The molecule has 0 atom stereocenters. The molecule has 0 radical (unpaired) electrons. The average molecular weight is 343 g/mol. The van der Waals surface area contributed by atoms with Gasteiger partial charge in [-0.05, 0) is 23.8 Å². The molecular formula is C20H17N5O. The van der Waals surface area contributed by atoms with Crippen LogP contribution in [-0.4, -0.2) is 21.1 Å². The predicted octanol–water partition coefficient (Wildman–Crippen LogP) is 3.26. The van der Waals surface area contributed by atoms with E-state index in [2.05, 4.69) is 20.6 Å². The highest BCUT2D eigenvalue weighted by molar-refractivity contribution is 6.06. The summed E-state index contributed by atoms with van der Waals surface area (Å²) in [7, 11) is 0. The van der Waals surface area contributed by atoms with E-state index in [1.54, 1.807) is 18.5 Å². The van der Waals surface area contributed by atoms with E-state index >= 15 is 0 Å². The molecular weight excluding hydrogens is 326 g/mol. The number of hydrogen-bond acceptors (Lipinski definition) is 5. The highest BCUT2D eigenvalue weighted by Crippen LogP contribution is 2.26. The maximum atomic E-state index is 8.83. The van der Waals surface area contributed by atoms with Gasteiger partial charge in [-0.25, -0.2) is 9.97 Å². The second kappa shape index (κ2) is 6.82. The molecule has 0 unspecified atom stereocenters. The van der Waals surface area contributed by atoms with Gasteiger partial charge in [-0.3, -0.25) is 0 Å². The Morgan fingerprint density at radius 3 is 2.73 bits per heavy atom. The first-order valence-corrected chi connectivity index (χ1v) is 8.32. The number of nitrogens with two attached hydrogens (primary N) is 1. The Hall–Kier alpha value is -3.43. The van der Waals surface area contributed by atoms with Crippen molar-refractivity contribution < 1.29 is 4.74 Å². The van der Waals surface area contributed by atoms with Gasteiger partial charge in [0.2, 0.25) is 0 Å². The lowest BCUT2D eigenvalue weighted by Gasteiger charge is -2.08. The van der Waals surface area contributed by atoms with Gasteiger partial charge in [0.1, 0.15) is 5.52 Å².